The number of urea groups is 1. The first-order chi connectivity index (χ1) is 8.24. The fourth-order valence-corrected chi connectivity index (χ4v) is 2.23. The van der Waals surface area contributed by atoms with Gasteiger partial charge in [-0.2, -0.15) is 0 Å². The Morgan fingerprint density at radius 1 is 1.29 bits per heavy atom. The van der Waals surface area contributed by atoms with Crippen LogP contribution in [0.25, 0.3) is 0 Å². The molecule has 92 valence electrons. The Hall–Kier alpha value is -1.55. The van der Waals surface area contributed by atoms with E-state index in [9.17, 15) is 4.79 Å². The van der Waals surface area contributed by atoms with Gasteiger partial charge in [-0.15, -0.1) is 0 Å². The molecule has 4 nitrogen and oxygen atoms in total. The normalized spacial score (nSPS) is 23.4. The Labute approximate surface area is 102 Å². The summed E-state index contributed by atoms with van der Waals surface area (Å²) < 4.78 is 0. The van der Waals surface area contributed by atoms with Gasteiger partial charge in [0.15, 0.2) is 0 Å². The van der Waals surface area contributed by atoms with Crippen LogP contribution in [-0.2, 0) is 0 Å². The predicted octanol–water partition coefficient (Wildman–Crippen LogP) is 1.94. The third kappa shape index (κ3) is 3.75. The number of anilines is 1. The van der Waals surface area contributed by atoms with Crippen molar-refractivity contribution in [2.24, 2.45) is 11.7 Å². The van der Waals surface area contributed by atoms with Gasteiger partial charge in [0, 0.05) is 18.3 Å². The summed E-state index contributed by atoms with van der Waals surface area (Å²) >= 11 is 0. The Kier molecular flexibility index (Phi) is 3.98. The van der Waals surface area contributed by atoms with Gasteiger partial charge in [-0.25, -0.2) is 4.79 Å². The van der Waals surface area contributed by atoms with Crippen LogP contribution in [0.3, 0.4) is 0 Å². The summed E-state index contributed by atoms with van der Waals surface area (Å²) in [6.45, 7) is 0.715. The van der Waals surface area contributed by atoms with Crippen LogP contribution in [-0.4, -0.2) is 18.6 Å². The maximum atomic E-state index is 11.6. The number of hydrogen-bond acceptors (Lipinski definition) is 2. The molecule has 2 amide bonds. The molecule has 0 saturated heterocycles. The fourth-order valence-electron chi connectivity index (χ4n) is 2.23. The van der Waals surface area contributed by atoms with E-state index in [1.807, 2.05) is 30.3 Å². The number of nitrogens with one attached hydrogen (secondary N) is 2. The lowest BCUT2D eigenvalue weighted by molar-refractivity contribution is 0.250. The lowest BCUT2D eigenvalue weighted by Crippen LogP contribution is -2.32. The van der Waals surface area contributed by atoms with E-state index >= 15 is 0 Å². The van der Waals surface area contributed by atoms with Crippen LogP contribution in [0.4, 0.5) is 10.5 Å². The molecule has 2 rings (SSSR count). The van der Waals surface area contributed by atoms with E-state index in [-0.39, 0.29) is 6.03 Å². The minimum Gasteiger partial charge on any atom is -0.338 e. The first-order valence-electron chi connectivity index (χ1n) is 6.09. The van der Waals surface area contributed by atoms with Gasteiger partial charge in [0.25, 0.3) is 0 Å². The van der Waals surface area contributed by atoms with Crippen molar-refractivity contribution in [3.8, 4) is 0 Å². The highest BCUT2D eigenvalue weighted by Gasteiger charge is 2.21. The lowest BCUT2D eigenvalue weighted by Gasteiger charge is -2.11. The minimum absolute atomic E-state index is 0.142. The summed E-state index contributed by atoms with van der Waals surface area (Å²) in [6, 6.07) is 9.62. The van der Waals surface area contributed by atoms with Crippen LogP contribution in [0, 0.1) is 5.92 Å². The van der Waals surface area contributed by atoms with Crippen LogP contribution in [0.1, 0.15) is 19.3 Å². The lowest BCUT2D eigenvalue weighted by atomic mass is 10.1. The average Bonchev–Trinajstić information content (AvgIpc) is 2.74. The zero-order valence-electron chi connectivity index (χ0n) is 9.86. The summed E-state index contributed by atoms with van der Waals surface area (Å²) in [7, 11) is 0. The van der Waals surface area contributed by atoms with E-state index in [0.717, 1.165) is 24.9 Å². The van der Waals surface area contributed by atoms with E-state index in [2.05, 4.69) is 10.6 Å². The molecular formula is C13H19N3O. The molecule has 1 aliphatic rings. The molecule has 2 atom stereocenters. The molecule has 0 aliphatic heterocycles. The van der Waals surface area contributed by atoms with Crippen LogP contribution < -0.4 is 16.4 Å². The Morgan fingerprint density at radius 3 is 2.71 bits per heavy atom. The molecule has 2 unspecified atom stereocenters. The van der Waals surface area contributed by atoms with E-state index in [4.69, 9.17) is 5.73 Å². The summed E-state index contributed by atoms with van der Waals surface area (Å²) in [4.78, 5) is 11.6. The molecule has 4 N–H and O–H groups in total. The van der Waals surface area contributed by atoms with Crippen LogP contribution in [0.15, 0.2) is 30.3 Å². The van der Waals surface area contributed by atoms with Crippen LogP contribution in [0.5, 0.6) is 0 Å². The molecule has 1 aromatic carbocycles. The first kappa shape index (κ1) is 11.9. The van der Waals surface area contributed by atoms with Crippen molar-refractivity contribution >= 4 is 11.7 Å². The summed E-state index contributed by atoms with van der Waals surface area (Å²) in [5, 5.41) is 5.68. The number of hydrogen-bond donors (Lipinski definition) is 3. The molecule has 0 bridgehead atoms. The molecule has 4 heteroatoms. The fraction of sp³-hybridized carbons (Fsp3) is 0.462. The van der Waals surface area contributed by atoms with Crippen LogP contribution in [0.2, 0.25) is 0 Å². The van der Waals surface area contributed by atoms with Gasteiger partial charge >= 0.3 is 6.03 Å². The Morgan fingerprint density at radius 2 is 2.06 bits per heavy atom. The second-order valence-electron chi connectivity index (χ2n) is 4.64. The molecule has 0 radical (unpaired) electrons. The van der Waals surface area contributed by atoms with Gasteiger partial charge in [-0.1, -0.05) is 18.2 Å². The van der Waals surface area contributed by atoms with Crippen molar-refractivity contribution in [3.05, 3.63) is 30.3 Å². The highest BCUT2D eigenvalue weighted by molar-refractivity contribution is 5.89. The van der Waals surface area contributed by atoms with E-state index in [1.54, 1.807) is 0 Å². The highest BCUT2D eigenvalue weighted by atomic mass is 16.2. The SMILES string of the molecule is NC1CCC(CNC(=O)Nc2ccccc2)C1. The maximum Gasteiger partial charge on any atom is 0.319 e. The second kappa shape index (κ2) is 5.68. The summed E-state index contributed by atoms with van der Waals surface area (Å²) in [5.41, 5.74) is 6.64. The van der Waals surface area contributed by atoms with E-state index < -0.39 is 0 Å². The molecular weight excluding hydrogens is 214 g/mol. The molecule has 0 aromatic heterocycles. The Balaban J connectivity index is 1.71. The van der Waals surface area contributed by atoms with Gasteiger partial charge < -0.3 is 16.4 Å². The van der Waals surface area contributed by atoms with Crippen molar-refractivity contribution < 1.29 is 4.79 Å². The average molecular weight is 233 g/mol. The summed E-state index contributed by atoms with van der Waals surface area (Å²) in [5.74, 6) is 0.534. The third-order valence-corrected chi connectivity index (χ3v) is 3.16. The number of carbonyl (C=O) groups is 1. The zero-order chi connectivity index (χ0) is 12.1. The number of amides is 2. The molecule has 1 fully saturated rings. The zero-order valence-corrected chi connectivity index (χ0v) is 9.86. The molecule has 0 spiro atoms. The van der Waals surface area contributed by atoms with E-state index in [1.165, 1.54) is 0 Å². The summed E-state index contributed by atoms with van der Waals surface area (Å²) in [6.07, 6.45) is 3.21. The molecule has 17 heavy (non-hydrogen) atoms. The number of nitrogens with two attached hydrogens (primary N) is 1. The van der Waals surface area contributed by atoms with Crippen molar-refractivity contribution in [2.75, 3.05) is 11.9 Å². The van der Waals surface area contributed by atoms with Gasteiger partial charge in [0.1, 0.15) is 0 Å². The topological polar surface area (TPSA) is 67.1 Å². The van der Waals surface area contributed by atoms with Gasteiger partial charge in [-0.05, 0) is 37.3 Å². The van der Waals surface area contributed by atoms with Crippen molar-refractivity contribution in [1.82, 2.24) is 5.32 Å². The maximum absolute atomic E-state index is 11.6. The molecule has 0 heterocycles. The minimum atomic E-state index is -0.142. The molecule has 1 aliphatic carbocycles. The van der Waals surface area contributed by atoms with Gasteiger partial charge in [-0.3, -0.25) is 0 Å². The van der Waals surface area contributed by atoms with Crippen molar-refractivity contribution in [3.63, 3.8) is 0 Å². The van der Waals surface area contributed by atoms with Gasteiger partial charge in [0.05, 0.1) is 0 Å². The number of para-hydroxylation sites is 1. The van der Waals surface area contributed by atoms with Crippen LogP contribution >= 0.6 is 0 Å². The largest absolute Gasteiger partial charge is 0.338 e. The standard InChI is InChI=1S/C13H19N3O/c14-11-7-6-10(8-11)9-15-13(17)16-12-4-2-1-3-5-12/h1-5,10-11H,6-9,14H2,(H2,15,16,17). The smallest absolute Gasteiger partial charge is 0.319 e. The molecule has 1 aromatic rings. The van der Waals surface area contributed by atoms with Gasteiger partial charge in [0.2, 0.25) is 0 Å². The number of carbonyl (C=O) groups excluding carboxylic acids is 1. The molecule has 1 saturated carbocycles. The van der Waals surface area contributed by atoms with Crippen molar-refractivity contribution in [2.45, 2.75) is 25.3 Å². The quantitative estimate of drug-likeness (QED) is 0.746. The number of rotatable bonds is 3. The predicted molar refractivity (Wildman–Crippen MR) is 68.8 cm³/mol. The van der Waals surface area contributed by atoms with E-state index in [0.29, 0.717) is 18.5 Å². The first-order valence-corrected chi connectivity index (χ1v) is 6.09. The monoisotopic (exact) mass is 233 g/mol. The third-order valence-electron chi connectivity index (χ3n) is 3.16. The number of benzene rings is 1. The Bertz CT molecular complexity index is 366. The second-order valence-corrected chi connectivity index (χ2v) is 4.64. The van der Waals surface area contributed by atoms with Crippen molar-refractivity contribution in [1.29, 1.82) is 0 Å². The highest BCUT2D eigenvalue weighted by Crippen LogP contribution is 2.23.